The first-order chi connectivity index (χ1) is 7.27. The van der Waals surface area contributed by atoms with Gasteiger partial charge in [0.1, 0.15) is 17.2 Å². The number of alkyl halides is 5. The zero-order valence-corrected chi connectivity index (χ0v) is 7.52. The summed E-state index contributed by atoms with van der Waals surface area (Å²) in [5.41, 5.74) is -4.27. The van der Waals surface area contributed by atoms with Gasteiger partial charge >= 0.3 is 6.18 Å². The maximum atomic E-state index is 12.9. The molecule has 0 unspecified atom stereocenters. The van der Waals surface area contributed by atoms with Crippen LogP contribution in [0, 0.1) is 5.82 Å². The fraction of sp³-hybridized carbons (Fsp3) is 0.375. The van der Waals surface area contributed by atoms with Crippen molar-refractivity contribution in [1.82, 2.24) is 4.98 Å². The Balaban J connectivity index is 3.42. The molecule has 0 amide bonds. The van der Waals surface area contributed by atoms with Crippen molar-refractivity contribution in [1.29, 1.82) is 0 Å². The number of pyridine rings is 1. The van der Waals surface area contributed by atoms with E-state index < -0.39 is 42.0 Å². The van der Waals surface area contributed by atoms with Crippen LogP contribution in [0.15, 0.2) is 6.07 Å². The van der Waals surface area contributed by atoms with Crippen molar-refractivity contribution in [3.63, 3.8) is 0 Å². The number of halogens is 6. The van der Waals surface area contributed by atoms with Gasteiger partial charge in [-0.05, 0) is 6.07 Å². The van der Waals surface area contributed by atoms with E-state index in [0.29, 0.717) is 0 Å². The number of hydrogen-bond acceptors (Lipinski definition) is 2. The van der Waals surface area contributed by atoms with E-state index in [2.05, 4.69) is 4.98 Å². The van der Waals surface area contributed by atoms with E-state index in [0.717, 1.165) is 0 Å². The zero-order chi connectivity index (χ0) is 12.5. The van der Waals surface area contributed by atoms with Crippen LogP contribution >= 0.6 is 0 Å². The molecule has 0 atom stereocenters. The molecule has 0 radical (unpaired) electrons. The lowest BCUT2D eigenvalue weighted by Gasteiger charge is -2.12. The van der Waals surface area contributed by atoms with Gasteiger partial charge in [0.15, 0.2) is 0 Å². The van der Waals surface area contributed by atoms with Crippen molar-refractivity contribution in [3.8, 4) is 0 Å². The van der Waals surface area contributed by atoms with Crippen molar-refractivity contribution >= 4 is 0 Å². The van der Waals surface area contributed by atoms with E-state index in [-0.39, 0.29) is 6.07 Å². The Bertz CT molecular complexity index is 389. The highest BCUT2D eigenvalue weighted by molar-refractivity contribution is 5.27. The first kappa shape index (κ1) is 12.8. The van der Waals surface area contributed by atoms with Gasteiger partial charge in [0.25, 0.3) is 6.43 Å². The standard InChI is InChI=1S/C8H5F6NO/c9-4-1-3(8(12,13)14)6(7(10)11)15-5(4)2-16/h1,7,16H,2H2. The summed E-state index contributed by atoms with van der Waals surface area (Å²) in [5, 5.41) is 8.49. The molecule has 1 aromatic rings. The summed E-state index contributed by atoms with van der Waals surface area (Å²) in [6.07, 6.45) is -8.62. The van der Waals surface area contributed by atoms with E-state index in [9.17, 15) is 26.3 Å². The molecule has 0 saturated carbocycles. The molecule has 1 aromatic heterocycles. The number of aliphatic hydroxyl groups excluding tert-OH is 1. The largest absolute Gasteiger partial charge is 0.418 e. The van der Waals surface area contributed by atoms with Gasteiger partial charge < -0.3 is 5.11 Å². The van der Waals surface area contributed by atoms with Crippen LogP contribution in [0.1, 0.15) is 23.4 Å². The number of aromatic nitrogens is 1. The van der Waals surface area contributed by atoms with Gasteiger partial charge in [-0.3, -0.25) is 0 Å². The third-order valence-corrected chi connectivity index (χ3v) is 1.74. The molecule has 90 valence electrons. The minimum Gasteiger partial charge on any atom is -0.390 e. The molecule has 0 spiro atoms. The summed E-state index contributed by atoms with van der Waals surface area (Å²) in [4.78, 5) is 2.76. The smallest absolute Gasteiger partial charge is 0.390 e. The Morgan fingerprint density at radius 1 is 1.31 bits per heavy atom. The lowest BCUT2D eigenvalue weighted by Crippen LogP contribution is -2.14. The molecule has 0 fully saturated rings. The topological polar surface area (TPSA) is 33.1 Å². The summed E-state index contributed by atoms with van der Waals surface area (Å²) in [6.45, 7) is -1.05. The fourth-order valence-corrected chi connectivity index (χ4v) is 1.05. The van der Waals surface area contributed by atoms with Crippen LogP contribution in [0.25, 0.3) is 0 Å². The molecule has 2 nitrogen and oxygen atoms in total. The predicted molar refractivity (Wildman–Crippen MR) is 40.1 cm³/mol. The van der Waals surface area contributed by atoms with Gasteiger partial charge in [0, 0.05) is 0 Å². The number of rotatable bonds is 2. The van der Waals surface area contributed by atoms with Crippen LogP contribution in [-0.4, -0.2) is 10.1 Å². The second-order valence-electron chi connectivity index (χ2n) is 2.81. The van der Waals surface area contributed by atoms with E-state index in [1.807, 2.05) is 0 Å². The summed E-state index contributed by atoms with van der Waals surface area (Å²) >= 11 is 0. The van der Waals surface area contributed by atoms with E-state index in [1.54, 1.807) is 0 Å². The highest BCUT2D eigenvalue weighted by atomic mass is 19.4. The van der Waals surface area contributed by atoms with Crippen LogP contribution in [0.4, 0.5) is 26.3 Å². The van der Waals surface area contributed by atoms with Crippen LogP contribution in [0.5, 0.6) is 0 Å². The van der Waals surface area contributed by atoms with Gasteiger partial charge in [-0.2, -0.15) is 13.2 Å². The lowest BCUT2D eigenvalue weighted by molar-refractivity contribution is -0.140. The third kappa shape index (κ3) is 2.43. The highest BCUT2D eigenvalue weighted by Crippen LogP contribution is 2.36. The molecule has 0 aliphatic carbocycles. The first-order valence-electron chi connectivity index (χ1n) is 3.93. The predicted octanol–water partition coefficient (Wildman–Crippen LogP) is 2.67. The lowest BCUT2D eigenvalue weighted by atomic mass is 10.1. The molecule has 0 aromatic carbocycles. The summed E-state index contributed by atoms with van der Waals surface area (Å²) in [6, 6.07) is -0.0972. The molecule has 1 heterocycles. The van der Waals surface area contributed by atoms with Crippen molar-refractivity contribution in [3.05, 3.63) is 28.8 Å². The molecule has 1 N–H and O–H groups in total. The molecule has 0 bridgehead atoms. The zero-order valence-electron chi connectivity index (χ0n) is 7.52. The van der Waals surface area contributed by atoms with Crippen molar-refractivity contribution < 1.29 is 31.4 Å². The molecule has 0 aliphatic rings. The molecule has 0 aliphatic heterocycles. The van der Waals surface area contributed by atoms with E-state index in [1.165, 1.54) is 0 Å². The highest BCUT2D eigenvalue weighted by Gasteiger charge is 2.37. The summed E-state index contributed by atoms with van der Waals surface area (Å²) in [7, 11) is 0. The molecule has 0 saturated heterocycles. The Morgan fingerprint density at radius 3 is 2.25 bits per heavy atom. The monoisotopic (exact) mass is 245 g/mol. The van der Waals surface area contributed by atoms with E-state index in [4.69, 9.17) is 5.11 Å². The maximum Gasteiger partial charge on any atom is 0.418 e. The Morgan fingerprint density at radius 2 is 1.88 bits per heavy atom. The first-order valence-corrected chi connectivity index (χ1v) is 3.93. The molecule has 8 heteroatoms. The average Bonchev–Trinajstić information content (AvgIpc) is 2.15. The van der Waals surface area contributed by atoms with Gasteiger partial charge in [-0.15, -0.1) is 0 Å². The summed E-state index contributed by atoms with van der Waals surface area (Å²) in [5.74, 6) is -1.47. The van der Waals surface area contributed by atoms with E-state index >= 15 is 0 Å². The average molecular weight is 245 g/mol. The van der Waals surface area contributed by atoms with Crippen LogP contribution < -0.4 is 0 Å². The van der Waals surface area contributed by atoms with Crippen molar-refractivity contribution in [2.24, 2.45) is 0 Å². The third-order valence-electron chi connectivity index (χ3n) is 1.74. The number of aliphatic hydroxyl groups is 1. The van der Waals surface area contributed by atoms with Crippen LogP contribution in [0.2, 0.25) is 0 Å². The maximum absolute atomic E-state index is 12.9. The molecule has 1 rings (SSSR count). The van der Waals surface area contributed by atoms with Crippen LogP contribution in [-0.2, 0) is 12.8 Å². The quantitative estimate of drug-likeness (QED) is 0.812. The van der Waals surface area contributed by atoms with Gasteiger partial charge in [0.2, 0.25) is 0 Å². The minimum atomic E-state index is -5.12. The normalized spacial score (nSPS) is 12.2. The summed E-state index contributed by atoms with van der Waals surface area (Å²) < 4.78 is 74.0. The van der Waals surface area contributed by atoms with Crippen molar-refractivity contribution in [2.45, 2.75) is 19.2 Å². The second-order valence-corrected chi connectivity index (χ2v) is 2.81. The number of hydrogen-bond donors (Lipinski definition) is 1. The molecular weight excluding hydrogens is 240 g/mol. The Labute approximate surface area is 85.5 Å². The van der Waals surface area contributed by atoms with Gasteiger partial charge in [-0.25, -0.2) is 18.2 Å². The fourth-order valence-electron chi connectivity index (χ4n) is 1.05. The van der Waals surface area contributed by atoms with Crippen molar-refractivity contribution in [2.75, 3.05) is 0 Å². The Kier molecular flexibility index (Phi) is 3.41. The van der Waals surface area contributed by atoms with Crippen LogP contribution in [0.3, 0.4) is 0 Å². The Hall–Kier alpha value is -1.31. The minimum absolute atomic E-state index is 0.0972. The molecule has 16 heavy (non-hydrogen) atoms. The SMILES string of the molecule is OCc1nc(C(F)F)c(C(F)(F)F)cc1F. The second kappa shape index (κ2) is 4.28. The van der Waals surface area contributed by atoms with Gasteiger partial charge in [0.05, 0.1) is 12.2 Å². The number of nitrogens with zero attached hydrogens (tertiary/aromatic N) is 1. The molecular formula is C8H5F6NO. The van der Waals surface area contributed by atoms with Gasteiger partial charge in [-0.1, -0.05) is 0 Å².